The highest BCUT2D eigenvalue weighted by Gasteiger charge is 2.22. The smallest absolute Gasteiger partial charge is 0.220 e. The van der Waals surface area contributed by atoms with E-state index in [-0.39, 0.29) is 30.6 Å². The summed E-state index contributed by atoms with van der Waals surface area (Å²) in [6, 6.07) is 13.5. The molecule has 0 saturated heterocycles. The van der Waals surface area contributed by atoms with Crippen LogP contribution in [0, 0.1) is 0 Å². The number of amides is 1. The molecule has 1 heterocycles. The summed E-state index contributed by atoms with van der Waals surface area (Å²) in [4.78, 5) is 24.8. The van der Waals surface area contributed by atoms with E-state index in [1.54, 1.807) is 18.2 Å². The summed E-state index contributed by atoms with van der Waals surface area (Å²) in [5.41, 5.74) is 3.06. The number of carbonyl (C=O) groups is 2. The van der Waals surface area contributed by atoms with Gasteiger partial charge in [-0.2, -0.15) is 0 Å². The number of fused-ring (bicyclic) bond motifs is 2. The molecule has 0 radical (unpaired) electrons. The van der Waals surface area contributed by atoms with Gasteiger partial charge < -0.3 is 14.8 Å². The molecule has 0 fully saturated rings. The van der Waals surface area contributed by atoms with Gasteiger partial charge >= 0.3 is 0 Å². The van der Waals surface area contributed by atoms with E-state index in [9.17, 15) is 9.59 Å². The lowest BCUT2D eigenvalue weighted by Gasteiger charge is -2.26. The maximum Gasteiger partial charge on any atom is 0.220 e. The first-order valence-corrected chi connectivity index (χ1v) is 9.51. The van der Waals surface area contributed by atoms with Crippen LogP contribution in [-0.4, -0.2) is 24.9 Å². The normalized spacial score (nSPS) is 17.7. The highest BCUT2D eigenvalue weighted by Crippen LogP contribution is 2.31. The summed E-state index contributed by atoms with van der Waals surface area (Å²) in [6.45, 7) is 1.00. The number of ether oxygens (including phenoxy) is 2. The minimum absolute atomic E-state index is 0.0480. The molecule has 1 aliphatic carbocycles. The summed E-state index contributed by atoms with van der Waals surface area (Å²) in [5, 5.41) is 3.10. The monoisotopic (exact) mass is 365 g/mol. The van der Waals surface area contributed by atoms with Gasteiger partial charge in [0, 0.05) is 18.4 Å². The molecule has 4 rings (SSSR count). The van der Waals surface area contributed by atoms with Crippen molar-refractivity contribution in [3.8, 4) is 11.5 Å². The number of ketones is 1. The van der Waals surface area contributed by atoms with Crippen molar-refractivity contribution in [2.75, 3.05) is 13.2 Å². The molecule has 140 valence electrons. The molecule has 27 heavy (non-hydrogen) atoms. The van der Waals surface area contributed by atoms with Crippen LogP contribution in [0.4, 0.5) is 0 Å². The van der Waals surface area contributed by atoms with Gasteiger partial charge in [-0.05, 0) is 48.6 Å². The first kappa shape index (κ1) is 17.6. The molecule has 0 aromatic heterocycles. The zero-order valence-electron chi connectivity index (χ0n) is 15.2. The molecule has 2 aliphatic rings. The van der Waals surface area contributed by atoms with Gasteiger partial charge in [0.2, 0.25) is 5.91 Å². The third-order valence-electron chi connectivity index (χ3n) is 5.15. The van der Waals surface area contributed by atoms with E-state index in [4.69, 9.17) is 9.47 Å². The first-order chi connectivity index (χ1) is 13.2. The summed E-state index contributed by atoms with van der Waals surface area (Å²) >= 11 is 0. The molecule has 0 saturated carbocycles. The van der Waals surface area contributed by atoms with Gasteiger partial charge in [0.25, 0.3) is 0 Å². The highest BCUT2D eigenvalue weighted by molar-refractivity contribution is 5.98. The SMILES string of the molecule is O=C(CCC(=O)c1ccc2c(c1)OCCO2)N[C@@H]1CCCc2ccccc21. The number of aryl methyl sites for hydroxylation is 1. The van der Waals surface area contributed by atoms with Crippen LogP contribution in [0.5, 0.6) is 11.5 Å². The maximum atomic E-state index is 12.4. The molecule has 0 spiro atoms. The Bertz CT molecular complexity index is 861. The molecule has 1 aliphatic heterocycles. The van der Waals surface area contributed by atoms with Crippen molar-refractivity contribution in [1.82, 2.24) is 5.32 Å². The van der Waals surface area contributed by atoms with Crippen LogP contribution in [0.3, 0.4) is 0 Å². The fourth-order valence-electron chi connectivity index (χ4n) is 3.76. The van der Waals surface area contributed by atoms with Crippen LogP contribution < -0.4 is 14.8 Å². The van der Waals surface area contributed by atoms with Gasteiger partial charge in [0.1, 0.15) is 13.2 Å². The van der Waals surface area contributed by atoms with Gasteiger partial charge in [0.15, 0.2) is 17.3 Å². The average Bonchev–Trinajstić information content (AvgIpc) is 2.72. The number of Topliss-reactive ketones (excluding diaryl/α,β-unsaturated/α-hetero) is 1. The second kappa shape index (κ2) is 7.82. The van der Waals surface area contributed by atoms with E-state index in [1.165, 1.54) is 11.1 Å². The van der Waals surface area contributed by atoms with Crippen LogP contribution >= 0.6 is 0 Å². The lowest BCUT2D eigenvalue weighted by molar-refractivity contribution is -0.121. The van der Waals surface area contributed by atoms with E-state index in [1.807, 2.05) is 12.1 Å². The van der Waals surface area contributed by atoms with Crippen LogP contribution in [0.1, 0.15) is 53.2 Å². The zero-order chi connectivity index (χ0) is 18.6. The van der Waals surface area contributed by atoms with Crippen molar-refractivity contribution in [2.24, 2.45) is 0 Å². The van der Waals surface area contributed by atoms with Crippen LogP contribution in [0.15, 0.2) is 42.5 Å². The minimum Gasteiger partial charge on any atom is -0.486 e. The maximum absolute atomic E-state index is 12.4. The van der Waals surface area contributed by atoms with Gasteiger partial charge in [-0.25, -0.2) is 0 Å². The quantitative estimate of drug-likeness (QED) is 0.822. The predicted molar refractivity (Wildman–Crippen MR) is 101 cm³/mol. The predicted octanol–water partition coefficient (Wildman–Crippen LogP) is 3.61. The van der Waals surface area contributed by atoms with Crippen molar-refractivity contribution >= 4 is 11.7 Å². The van der Waals surface area contributed by atoms with E-state index in [0.717, 1.165) is 19.3 Å². The van der Waals surface area contributed by atoms with Crippen molar-refractivity contribution in [3.63, 3.8) is 0 Å². The largest absolute Gasteiger partial charge is 0.486 e. The Morgan fingerprint density at radius 1 is 1.00 bits per heavy atom. The number of benzene rings is 2. The van der Waals surface area contributed by atoms with Crippen molar-refractivity contribution in [2.45, 2.75) is 38.1 Å². The fraction of sp³-hybridized carbons (Fsp3) is 0.364. The Labute approximate surface area is 158 Å². The van der Waals surface area contributed by atoms with Crippen molar-refractivity contribution in [1.29, 1.82) is 0 Å². The lowest BCUT2D eigenvalue weighted by atomic mass is 9.87. The highest BCUT2D eigenvalue weighted by atomic mass is 16.6. The first-order valence-electron chi connectivity index (χ1n) is 9.51. The van der Waals surface area contributed by atoms with Crippen LogP contribution in [0.2, 0.25) is 0 Å². The molecule has 5 nitrogen and oxygen atoms in total. The van der Waals surface area contributed by atoms with E-state index < -0.39 is 0 Å². The number of nitrogens with one attached hydrogen (secondary N) is 1. The number of carbonyl (C=O) groups excluding carboxylic acids is 2. The van der Waals surface area contributed by atoms with Gasteiger partial charge in [-0.1, -0.05) is 24.3 Å². The van der Waals surface area contributed by atoms with Gasteiger partial charge in [-0.3, -0.25) is 9.59 Å². The Balaban J connectivity index is 1.34. The minimum atomic E-state index is -0.0809. The van der Waals surface area contributed by atoms with E-state index in [2.05, 4.69) is 17.4 Å². The molecular weight excluding hydrogens is 342 g/mol. The molecule has 0 bridgehead atoms. The topological polar surface area (TPSA) is 64.6 Å². The summed E-state index contributed by atoms with van der Waals surface area (Å²) in [5.74, 6) is 1.11. The van der Waals surface area contributed by atoms with Crippen molar-refractivity contribution < 1.29 is 19.1 Å². The summed E-state index contributed by atoms with van der Waals surface area (Å²) in [7, 11) is 0. The third-order valence-corrected chi connectivity index (χ3v) is 5.15. The molecule has 1 N–H and O–H groups in total. The second-order valence-corrected chi connectivity index (χ2v) is 6.99. The lowest BCUT2D eigenvalue weighted by Crippen LogP contribution is -2.31. The fourth-order valence-corrected chi connectivity index (χ4v) is 3.76. The summed E-state index contributed by atoms with van der Waals surface area (Å²) < 4.78 is 11.0. The average molecular weight is 365 g/mol. The summed E-state index contributed by atoms with van der Waals surface area (Å²) in [6.07, 6.45) is 3.44. The van der Waals surface area contributed by atoms with Gasteiger partial charge in [-0.15, -0.1) is 0 Å². The van der Waals surface area contributed by atoms with Crippen LogP contribution in [-0.2, 0) is 11.2 Å². The molecule has 1 amide bonds. The standard InChI is InChI=1S/C22H23NO4/c24-19(16-8-10-20-21(14-16)27-13-12-26-20)9-11-22(25)23-18-7-3-5-15-4-1-2-6-17(15)18/h1-2,4,6,8,10,14,18H,3,5,7,9,11-13H2,(H,23,25)/t18-/m1/s1. The van der Waals surface area contributed by atoms with Gasteiger partial charge in [0.05, 0.1) is 6.04 Å². The Morgan fingerprint density at radius 3 is 2.70 bits per heavy atom. The van der Waals surface area contributed by atoms with E-state index >= 15 is 0 Å². The number of rotatable bonds is 5. The number of hydrogen-bond donors (Lipinski definition) is 1. The second-order valence-electron chi connectivity index (χ2n) is 6.99. The molecule has 5 heteroatoms. The Kier molecular flexibility index (Phi) is 5.10. The molecule has 2 aromatic carbocycles. The number of hydrogen-bond acceptors (Lipinski definition) is 4. The van der Waals surface area contributed by atoms with E-state index in [0.29, 0.717) is 30.3 Å². The molecule has 0 unspecified atom stereocenters. The van der Waals surface area contributed by atoms with Crippen LogP contribution in [0.25, 0.3) is 0 Å². The zero-order valence-corrected chi connectivity index (χ0v) is 15.2. The Hall–Kier alpha value is -2.82. The molecule has 1 atom stereocenters. The third kappa shape index (κ3) is 3.97. The Morgan fingerprint density at radius 2 is 1.81 bits per heavy atom. The molecule has 2 aromatic rings. The molecular formula is C22H23NO4. The van der Waals surface area contributed by atoms with Crippen molar-refractivity contribution in [3.05, 3.63) is 59.2 Å².